The van der Waals surface area contributed by atoms with Crippen LogP contribution in [0.3, 0.4) is 0 Å². The van der Waals surface area contributed by atoms with Crippen molar-refractivity contribution in [2.24, 2.45) is 0 Å². The molecule has 1 heterocycles. The summed E-state index contributed by atoms with van der Waals surface area (Å²) in [5.41, 5.74) is 0.537. The van der Waals surface area contributed by atoms with Crippen molar-refractivity contribution in [1.82, 2.24) is 0 Å². The summed E-state index contributed by atoms with van der Waals surface area (Å²) < 4.78 is 1.89. The highest BCUT2D eigenvalue weighted by atomic mass is 32.1. The Bertz CT molecular complexity index is 787. The lowest BCUT2D eigenvalue weighted by Crippen LogP contribution is -2.01. The lowest BCUT2D eigenvalue weighted by atomic mass is 10.1. The third kappa shape index (κ3) is 1.56. The lowest BCUT2D eigenvalue weighted by Gasteiger charge is -2.00. The summed E-state index contributed by atoms with van der Waals surface area (Å²) in [5.74, 6) is 0. The Morgan fingerprint density at radius 3 is 2.53 bits per heavy atom. The molecule has 0 aliphatic rings. The average Bonchev–Trinajstić information content (AvgIpc) is 2.39. The fourth-order valence-electron chi connectivity index (χ4n) is 1.89. The summed E-state index contributed by atoms with van der Waals surface area (Å²) in [7, 11) is 0. The Kier molecular flexibility index (Phi) is 2.27. The number of hydrogen-bond acceptors (Lipinski definition) is 3. The van der Waals surface area contributed by atoms with Crippen molar-refractivity contribution in [3.8, 4) is 0 Å². The number of carbonyl (C=O) groups is 1. The maximum atomic E-state index is 12.2. The van der Waals surface area contributed by atoms with E-state index in [1.807, 2.05) is 30.3 Å². The van der Waals surface area contributed by atoms with Crippen molar-refractivity contribution in [2.45, 2.75) is 0 Å². The minimum absolute atomic E-state index is 0.00181. The molecule has 0 amide bonds. The van der Waals surface area contributed by atoms with Crippen molar-refractivity contribution < 1.29 is 4.79 Å². The molecule has 3 aromatic rings. The van der Waals surface area contributed by atoms with Gasteiger partial charge in [-0.25, -0.2) is 0 Å². The van der Waals surface area contributed by atoms with Crippen LogP contribution >= 0.6 is 11.3 Å². The van der Waals surface area contributed by atoms with E-state index in [1.165, 1.54) is 0 Å². The molecule has 0 bridgehead atoms. The Balaban J connectivity index is 2.55. The van der Waals surface area contributed by atoms with Gasteiger partial charge >= 0.3 is 0 Å². The number of fused-ring (bicyclic) bond motifs is 2. The zero-order chi connectivity index (χ0) is 11.8. The molecule has 82 valence electrons. The van der Waals surface area contributed by atoms with E-state index in [1.54, 1.807) is 23.5 Å². The largest absolute Gasteiger partial charge is 0.298 e. The number of aldehydes is 1. The van der Waals surface area contributed by atoms with Crippen LogP contribution in [0.15, 0.2) is 47.3 Å². The van der Waals surface area contributed by atoms with Gasteiger partial charge < -0.3 is 0 Å². The van der Waals surface area contributed by atoms with Crippen LogP contribution in [-0.2, 0) is 0 Å². The van der Waals surface area contributed by atoms with E-state index in [9.17, 15) is 9.59 Å². The van der Waals surface area contributed by atoms with Crippen LogP contribution in [-0.4, -0.2) is 6.29 Å². The van der Waals surface area contributed by atoms with Crippen molar-refractivity contribution in [3.05, 3.63) is 58.3 Å². The molecule has 0 saturated heterocycles. The highest BCUT2D eigenvalue weighted by Gasteiger charge is 2.05. The van der Waals surface area contributed by atoms with Gasteiger partial charge in [-0.15, -0.1) is 11.3 Å². The van der Waals surface area contributed by atoms with Gasteiger partial charge in [0, 0.05) is 25.7 Å². The van der Waals surface area contributed by atoms with Crippen LogP contribution in [0, 0.1) is 0 Å². The lowest BCUT2D eigenvalue weighted by molar-refractivity contribution is 0.112. The van der Waals surface area contributed by atoms with Gasteiger partial charge in [-0.2, -0.15) is 0 Å². The van der Waals surface area contributed by atoms with Gasteiger partial charge in [0.05, 0.1) is 0 Å². The molecule has 0 aliphatic heterocycles. The highest BCUT2D eigenvalue weighted by molar-refractivity contribution is 7.24. The van der Waals surface area contributed by atoms with Crippen LogP contribution in [0.1, 0.15) is 10.4 Å². The molecule has 17 heavy (non-hydrogen) atoms. The Labute approximate surface area is 101 Å². The summed E-state index contributed by atoms with van der Waals surface area (Å²) in [6, 6.07) is 12.8. The Morgan fingerprint density at radius 1 is 0.941 bits per heavy atom. The fraction of sp³-hybridized carbons (Fsp3) is 0. The maximum absolute atomic E-state index is 12.2. The van der Waals surface area contributed by atoms with E-state index < -0.39 is 0 Å². The number of benzene rings is 2. The van der Waals surface area contributed by atoms with Gasteiger partial charge in [0.15, 0.2) is 5.43 Å². The number of rotatable bonds is 1. The first-order chi connectivity index (χ1) is 8.29. The van der Waals surface area contributed by atoms with Gasteiger partial charge in [0.1, 0.15) is 6.29 Å². The van der Waals surface area contributed by atoms with E-state index in [2.05, 4.69) is 0 Å². The smallest absolute Gasteiger partial charge is 0.195 e. The second-order valence-corrected chi connectivity index (χ2v) is 4.88. The van der Waals surface area contributed by atoms with Crippen molar-refractivity contribution in [3.63, 3.8) is 0 Å². The summed E-state index contributed by atoms with van der Waals surface area (Å²) in [6.45, 7) is 0. The summed E-state index contributed by atoms with van der Waals surface area (Å²) in [5, 5.41) is 1.34. The number of hydrogen-bond donors (Lipinski definition) is 0. The van der Waals surface area contributed by atoms with E-state index in [4.69, 9.17) is 0 Å². The van der Waals surface area contributed by atoms with E-state index in [0.717, 1.165) is 15.7 Å². The molecule has 0 radical (unpaired) electrons. The summed E-state index contributed by atoms with van der Waals surface area (Å²) >= 11 is 1.57. The first-order valence-electron chi connectivity index (χ1n) is 5.20. The molecule has 0 unspecified atom stereocenters. The molecule has 2 nitrogen and oxygen atoms in total. The van der Waals surface area contributed by atoms with Crippen LogP contribution < -0.4 is 5.43 Å². The molecule has 0 saturated carbocycles. The SMILES string of the molecule is O=Cc1ccc2sc3ccccc3c(=O)c2c1. The standard InChI is InChI=1S/C14H8O2S/c15-8-9-5-6-13-11(7-9)14(16)10-3-1-2-4-12(10)17-13/h1-8H. The van der Waals surface area contributed by atoms with Crippen molar-refractivity contribution in [1.29, 1.82) is 0 Å². The molecule has 0 aliphatic carbocycles. The predicted octanol–water partition coefficient (Wildman–Crippen LogP) is 3.23. The van der Waals surface area contributed by atoms with E-state index >= 15 is 0 Å². The predicted molar refractivity (Wildman–Crippen MR) is 71.0 cm³/mol. The number of carbonyl (C=O) groups excluding carboxylic acids is 1. The van der Waals surface area contributed by atoms with E-state index in [0.29, 0.717) is 16.3 Å². The maximum Gasteiger partial charge on any atom is 0.195 e. The minimum atomic E-state index is -0.00181. The van der Waals surface area contributed by atoms with Crippen LogP contribution in [0.4, 0.5) is 0 Å². The first-order valence-corrected chi connectivity index (χ1v) is 6.02. The monoisotopic (exact) mass is 240 g/mol. The van der Waals surface area contributed by atoms with Crippen molar-refractivity contribution >= 4 is 37.8 Å². The molecular weight excluding hydrogens is 232 g/mol. The van der Waals surface area contributed by atoms with Crippen LogP contribution in [0.25, 0.3) is 20.2 Å². The zero-order valence-corrected chi connectivity index (χ0v) is 9.66. The molecular formula is C14H8O2S. The second kappa shape index (κ2) is 3.79. The van der Waals surface area contributed by atoms with Gasteiger partial charge in [-0.3, -0.25) is 9.59 Å². The minimum Gasteiger partial charge on any atom is -0.298 e. The van der Waals surface area contributed by atoms with Crippen LogP contribution in [0.5, 0.6) is 0 Å². The quantitative estimate of drug-likeness (QED) is 0.483. The molecule has 0 atom stereocenters. The summed E-state index contributed by atoms with van der Waals surface area (Å²) in [6.07, 6.45) is 0.763. The summed E-state index contributed by atoms with van der Waals surface area (Å²) in [4.78, 5) is 23.0. The van der Waals surface area contributed by atoms with E-state index in [-0.39, 0.29) is 5.43 Å². The third-order valence-electron chi connectivity index (χ3n) is 2.74. The highest BCUT2D eigenvalue weighted by Crippen LogP contribution is 2.24. The molecule has 3 heteroatoms. The molecule has 0 spiro atoms. The van der Waals surface area contributed by atoms with Gasteiger partial charge in [0.2, 0.25) is 0 Å². The zero-order valence-electron chi connectivity index (χ0n) is 8.84. The second-order valence-electron chi connectivity index (χ2n) is 3.80. The molecule has 3 rings (SSSR count). The molecule has 1 aromatic heterocycles. The van der Waals surface area contributed by atoms with Gasteiger partial charge in [-0.05, 0) is 24.3 Å². The molecule has 0 N–H and O–H groups in total. The first kappa shape index (κ1) is 10.2. The van der Waals surface area contributed by atoms with Crippen LogP contribution in [0.2, 0.25) is 0 Å². The fourth-order valence-corrected chi connectivity index (χ4v) is 2.95. The topological polar surface area (TPSA) is 34.1 Å². The molecule has 0 fully saturated rings. The molecule has 2 aromatic carbocycles. The van der Waals surface area contributed by atoms with Gasteiger partial charge in [-0.1, -0.05) is 18.2 Å². The average molecular weight is 240 g/mol. The third-order valence-corrected chi connectivity index (χ3v) is 3.89. The van der Waals surface area contributed by atoms with Crippen molar-refractivity contribution in [2.75, 3.05) is 0 Å². The Morgan fingerprint density at radius 2 is 1.71 bits per heavy atom. The van der Waals surface area contributed by atoms with Gasteiger partial charge in [0.25, 0.3) is 0 Å². The Hall–Kier alpha value is -2.00. The normalized spacial score (nSPS) is 10.8.